The van der Waals surface area contributed by atoms with Crippen molar-refractivity contribution in [2.75, 3.05) is 47.3 Å². The number of nitrogens with zero attached hydrogens (tertiary/aromatic N) is 4. The molecule has 0 N–H and O–H groups in total. The summed E-state index contributed by atoms with van der Waals surface area (Å²) in [5, 5.41) is 2.27. The van der Waals surface area contributed by atoms with E-state index in [9.17, 15) is 0 Å². The van der Waals surface area contributed by atoms with Crippen LogP contribution in [0.3, 0.4) is 0 Å². The maximum atomic E-state index is 4.91. The fraction of sp³-hybridized carbons (Fsp3) is 1.00. The van der Waals surface area contributed by atoms with Gasteiger partial charge in [-0.1, -0.05) is 0 Å². The highest BCUT2D eigenvalue weighted by molar-refractivity contribution is 4.79. The maximum Gasteiger partial charge on any atom is 0.0443 e. The number of hydrogen-bond donors (Lipinski definition) is 0. The minimum Gasteiger partial charge on any atom is -0.306 e. The van der Waals surface area contributed by atoms with Gasteiger partial charge in [0.05, 0.1) is 0 Å². The van der Waals surface area contributed by atoms with E-state index in [1.165, 1.54) is 51.9 Å². The molecule has 2 aliphatic rings. The van der Waals surface area contributed by atoms with Gasteiger partial charge in [0.25, 0.3) is 0 Å². The highest BCUT2D eigenvalue weighted by Gasteiger charge is 2.25. The Hall–Kier alpha value is -0.160. The number of piperidine rings is 2. The van der Waals surface area contributed by atoms with Gasteiger partial charge in [-0.25, -0.2) is 5.01 Å². The van der Waals surface area contributed by atoms with Gasteiger partial charge in [-0.15, -0.1) is 0 Å². The molecule has 0 amide bonds. The zero-order valence-electron chi connectivity index (χ0n) is 11.6. The molecule has 2 aliphatic heterocycles. The highest BCUT2D eigenvalue weighted by Crippen LogP contribution is 2.16. The van der Waals surface area contributed by atoms with Gasteiger partial charge in [-0.3, -0.25) is 0 Å². The van der Waals surface area contributed by atoms with E-state index in [-0.39, 0.29) is 0 Å². The van der Waals surface area contributed by atoms with Crippen molar-refractivity contribution in [3.63, 3.8) is 0 Å². The van der Waals surface area contributed by atoms with Gasteiger partial charge in [0, 0.05) is 19.1 Å². The molecule has 2 fully saturated rings. The van der Waals surface area contributed by atoms with Gasteiger partial charge in [0.1, 0.15) is 0 Å². The van der Waals surface area contributed by atoms with E-state index in [2.05, 4.69) is 36.0 Å². The van der Waals surface area contributed by atoms with Crippen LogP contribution in [-0.4, -0.2) is 74.2 Å². The van der Waals surface area contributed by atoms with Crippen LogP contribution >= 0.6 is 0 Å². The topological polar surface area (TPSA) is 23.8 Å². The summed E-state index contributed by atoms with van der Waals surface area (Å²) < 4.78 is 0. The van der Waals surface area contributed by atoms with Crippen LogP contribution in [0.15, 0.2) is 0 Å². The summed E-state index contributed by atoms with van der Waals surface area (Å²) in [6.45, 7) is 4.85. The average Bonchev–Trinajstić information content (AvgIpc) is 2.33. The second-order valence-corrected chi connectivity index (χ2v) is 5.76. The third-order valence-electron chi connectivity index (χ3n) is 4.25. The van der Waals surface area contributed by atoms with Crippen LogP contribution in [0.25, 0.3) is 0 Å². The van der Waals surface area contributed by atoms with Gasteiger partial charge >= 0.3 is 0 Å². The monoisotopic (exact) mass is 239 g/mol. The molecule has 2 heterocycles. The van der Waals surface area contributed by atoms with Crippen LogP contribution in [0.4, 0.5) is 0 Å². The Morgan fingerprint density at radius 2 is 1.35 bits per heavy atom. The molecule has 0 aromatic carbocycles. The third-order valence-corrected chi connectivity index (χ3v) is 4.25. The van der Waals surface area contributed by atoms with Crippen LogP contribution in [0.1, 0.15) is 25.7 Å². The van der Waals surface area contributed by atoms with Crippen LogP contribution in [-0.2, 0) is 0 Å². The van der Waals surface area contributed by atoms with Crippen molar-refractivity contribution in [1.82, 2.24) is 20.2 Å². The molecule has 4 nitrogen and oxygen atoms in total. The van der Waals surface area contributed by atoms with E-state index in [1.54, 1.807) is 0 Å². The maximum absolute atomic E-state index is 4.91. The molecule has 4 heteroatoms. The Kier molecular flexibility index (Phi) is 4.79. The first-order valence-corrected chi connectivity index (χ1v) is 6.96. The molecule has 2 rings (SSSR count). The number of likely N-dealkylation sites (tertiary alicyclic amines) is 2. The molecule has 2 saturated heterocycles. The molecule has 0 saturated carbocycles. The van der Waals surface area contributed by atoms with Gasteiger partial charge < -0.3 is 9.80 Å². The SMILES string of the molecule is CN1CCC([N]N(C)C2CCN(C)CC2)CC1. The fourth-order valence-electron chi connectivity index (χ4n) is 2.83. The van der Waals surface area contributed by atoms with E-state index in [0.717, 1.165) is 0 Å². The zero-order chi connectivity index (χ0) is 12.3. The second kappa shape index (κ2) is 6.14. The molecule has 0 unspecified atom stereocenters. The Balaban J connectivity index is 1.71. The van der Waals surface area contributed by atoms with Gasteiger partial charge in [0.15, 0.2) is 0 Å². The second-order valence-electron chi connectivity index (χ2n) is 5.76. The van der Waals surface area contributed by atoms with Crippen molar-refractivity contribution >= 4 is 0 Å². The predicted octanol–water partition coefficient (Wildman–Crippen LogP) is 0.626. The first kappa shape index (κ1) is 13.3. The number of hydrogen-bond acceptors (Lipinski definition) is 3. The zero-order valence-corrected chi connectivity index (χ0v) is 11.6. The van der Waals surface area contributed by atoms with Crippen LogP contribution in [0.2, 0.25) is 0 Å². The van der Waals surface area contributed by atoms with Crippen molar-refractivity contribution in [3.05, 3.63) is 0 Å². The lowest BCUT2D eigenvalue weighted by Crippen LogP contribution is -2.49. The number of rotatable bonds is 3. The molecule has 99 valence electrons. The molecular formula is C13H27N4. The molecule has 0 aliphatic carbocycles. The van der Waals surface area contributed by atoms with E-state index in [4.69, 9.17) is 5.43 Å². The molecular weight excluding hydrogens is 212 g/mol. The summed E-state index contributed by atoms with van der Waals surface area (Å²) in [6.07, 6.45) is 4.99. The van der Waals surface area contributed by atoms with E-state index >= 15 is 0 Å². The van der Waals surface area contributed by atoms with Crippen molar-refractivity contribution in [1.29, 1.82) is 0 Å². The first-order chi connectivity index (χ1) is 8.15. The summed E-state index contributed by atoms with van der Waals surface area (Å²) in [7, 11) is 6.59. The summed E-state index contributed by atoms with van der Waals surface area (Å²) >= 11 is 0. The minimum atomic E-state index is 0.566. The van der Waals surface area contributed by atoms with E-state index in [1.807, 2.05) is 0 Å². The quantitative estimate of drug-likeness (QED) is 0.675. The van der Waals surface area contributed by atoms with Gasteiger partial charge in [-0.2, -0.15) is 5.43 Å². The van der Waals surface area contributed by atoms with Crippen molar-refractivity contribution in [2.45, 2.75) is 37.8 Å². The first-order valence-electron chi connectivity index (χ1n) is 6.96. The Morgan fingerprint density at radius 3 is 1.88 bits per heavy atom. The Morgan fingerprint density at radius 1 is 0.882 bits per heavy atom. The van der Waals surface area contributed by atoms with Crippen molar-refractivity contribution < 1.29 is 0 Å². The van der Waals surface area contributed by atoms with Crippen LogP contribution < -0.4 is 5.43 Å². The largest absolute Gasteiger partial charge is 0.306 e. The Bertz CT molecular complexity index is 217. The summed E-state index contributed by atoms with van der Waals surface area (Å²) in [6, 6.07) is 1.24. The molecule has 0 aromatic heterocycles. The summed E-state index contributed by atoms with van der Waals surface area (Å²) in [5.74, 6) is 0. The van der Waals surface area contributed by atoms with Crippen LogP contribution in [0, 0.1) is 0 Å². The summed E-state index contributed by atoms with van der Waals surface area (Å²) in [4.78, 5) is 4.82. The molecule has 0 aromatic rings. The standard InChI is InChI=1S/C13H27N4/c1-15-8-4-12(5-9-15)14-17(3)13-6-10-16(2)11-7-13/h12-13H,4-11H2,1-3H3. The normalized spacial score (nSPS) is 26.8. The molecule has 0 bridgehead atoms. The van der Waals surface area contributed by atoms with Gasteiger partial charge in [0.2, 0.25) is 0 Å². The van der Waals surface area contributed by atoms with E-state index in [0.29, 0.717) is 12.1 Å². The lowest BCUT2D eigenvalue weighted by molar-refractivity contribution is 0.0628. The van der Waals surface area contributed by atoms with Crippen molar-refractivity contribution in [3.8, 4) is 0 Å². The molecule has 1 radical (unpaired) electrons. The Labute approximate surface area is 106 Å². The average molecular weight is 239 g/mol. The molecule has 17 heavy (non-hydrogen) atoms. The van der Waals surface area contributed by atoms with E-state index < -0.39 is 0 Å². The lowest BCUT2D eigenvalue weighted by Gasteiger charge is -2.37. The lowest BCUT2D eigenvalue weighted by atomic mass is 10.0. The third kappa shape index (κ3) is 3.91. The van der Waals surface area contributed by atoms with Gasteiger partial charge in [-0.05, 0) is 66.0 Å². The van der Waals surface area contributed by atoms with Crippen molar-refractivity contribution in [2.24, 2.45) is 0 Å². The predicted molar refractivity (Wildman–Crippen MR) is 70.9 cm³/mol. The van der Waals surface area contributed by atoms with Crippen LogP contribution in [0.5, 0.6) is 0 Å². The fourth-order valence-corrected chi connectivity index (χ4v) is 2.83. The molecule has 0 atom stereocenters. The highest BCUT2D eigenvalue weighted by atomic mass is 15.5. The molecule has 0 spiro atoms. The minimum absolute atomic E-state index is 0.566. The summed E-state index contributed by atoms with van der Waals surface area (Å²) in [5.41, 5.74) is 4.91. The smallest absolute Gasteiger partial charge is 0.0443 e.